The molecule has 0 spiro atoms. The van der Waals surface area contributed by atoms with Crippen molar-refractivity contribution in [3.63, 3.8) is 0 Å². The van der Waals surface area contributed by atoms with E-state index >= 15 is 0 Å². The van der Waals surface area contributed by atoms with Crippen molar-refractivity contribution < 1.29 is 14.3 Å². The van der Waals surface area contributed by atoms with E-state index in [1.165, 1.54) is 0 Å². The van der Waals surface area contributed by atoms with Gasteiger partial charge in [-0.15, -0.1) is 0 Å². The van der Waals surface area contributed by atoms with Crippen LogP contribution in [0.2, 0.25) is 0 Å². The molecule has 0 aromatic carbocycles. The summed E-state index contributed by atoms with van der Waals surface area (Å²) < 4.78 is 9.70. The maximum Gasteiger partial charge on any atom is 0.333 e. The van der Waals surface area contributed by atoms with E-state index in [0.29, 0.717) is 25.4 Å². The molecule has 0 aromatic rings. The van der Waals surface area contributed by atoms with Crippen LogP contribution in [0.15, 0.2) is 12.2 Å². The summed E-state index contributed by atoms with van der Waals surface area (Å²) in [4.78, 5) is 10.7. The minimum atomic E-state index is -0.357. The van der Waals surface area contributed by atoms with Gasteiger partial charge in [-0.1, -0.05) is 14.0 Å². The average Bonchev–Trinajstić information content (AvgIpc) is 1.97. The molecular formula is C9H18O3. The van der Waals surface area contributed by atoms with Crippen LogP contribution in [0.25, 0.3) is 0 Å². The standard InChI is InChI=1S/C8H14O3.CH4/c1-4-10-5-6-11-8(9)7(2)3;/h2,4-6H2,1,3H3;1H4. The van der Waals surface area contributed by atoms with E-state index in [1.54, 1.807) is 6.92 Å². The molecule has 0 fully saturated rings. The maximum absolute atomic E-state index is 10.7. The summed E-state index contributed by atoms with van der Waals surface area (Å²) in [5.41, 5.74) is 0.418. The van der Waals surface area contributed by atoms with Crippen molar-refractivity contribution in [1.82, 2.24) is 0 Å². The van der Waals surface area contributed by atoms with Gasteiger partial charge in [-0.3, -0.25) is 0 Å². The molecule has 0 aliphatic carbocycles. The molecular weight excluding hydrogens is 156 g/mol. The Hall–Kier alpha value is -0.830. The van der Waals surface area contributed by atoms with Crippen molar-refractivity contribution in [3.8, 4) is 0 Å². The van der Waals surface area contributed by atoms with Crippen LogP contribution in [0.4, 0.5) is 0 Å². The highest BCUT2D eigenvalue weighted by atomic mass is 16.6. The van der Waals surface area contributed by atoms with E-state index in [9.17, 15) is 4.79 Å². The Labute approximate surface area is 74.4 Å². The molecule has 0 radical (unpaired) electrons. The molecule has 0 saturated carbocycles. The van der Waals surface area contributed by atoms with Crippen molar-refractivity contribution in [2.75, 3.05) is 19.8 Å². The molecule has 0 atom stereocenters. The summed E-state index contributed by atoms with van der Waals surface area (Å²) in [7, 11) is 0. The van der Waals surface area contributed by atoms with Gasteiger partial charge in [0.1, 0.15) is 6.61 Å². The predicted molar refractivity (Wildman–Crippen MR) is 49.0 cm³/mol. The summed E-state index contributed by atoms with van der Waals surface area (Å²) >= 11 is 0. The van der Waals surface area contributed by atoms with Gasteiger partial charge in [0.05, 0.1) is 6.61 Å². The third-order valence-corrected chi connectivity index (χ3v) is 1.01. The van der Waals surface area contributed by atoms with Crippen LogP contribution < -0.4 is 0 Å². The van der Waals surface area contributed by atoms with Gasteiger partial charge >= 0.3 is 5.97 Å². The number of ether oxygens (including phenoxy) is 2. The second-order valence-corrected chi connectivity index (χ2v) is 2.11. The number of esters is 1. The maximum atomic E-state index is 10.7. The fraction of sp³-hybridized carbons (Fsp3) is 0.667. The van der Waals surface area contributed by atoms with Gasteiger partial charge in [-0.05, 0) is 13.8 Å². The minimum Gasteiger partial charge on any atom is -0.460 e. The van der Waals surface area contributed by atoms with Gasteiger partial charge in [0, 0.05) is 12.2 Å². The largest absolute Gasteiger partial charge is 0.460 e. The lowest BCUT2D eigenvalue weighted by atomic mass is 10.4. The predicted octanol–water partition coefficient (Wildman–Crippen LogP) is 1.78. The Morgan fingerprint density at radius 3 is 2.42 bits per heavy atom. The van der Waals surface area contributed by atoms with Crippen LogP contribution in [0.3, 0.4) is 0 Å². The van der Waals surface area contributed by atoms with Crippen molar-refractivity contribution in [1.29, 1.82) is 0 Å². The molecule has 0 aliphatic rings. The monoisotopic (exact) mass is 174 g/mol. The number of rotatable bonds is 5. The van der Waals surface area contributed by atoms with Crippen LogP contribution in [-0.4, -0.2) is 25.8 Å². The lowest BCUT2D eigenvalue weighted by Crippen LogP contribution is -2.10. The zero-order valence-electron chi connectivity index (χ0n) is 7.05. The van der Waals surface area contributed by atoms with E-state index in [4.69, 9.17) is 9.47 Å². The minimum absolute atomic E-state index is 0. The van der Waals surface area contributed by atoms with E-state index < -0.39 is 0 Å². The third-order valence-electron chi connectivity index (χ3n) is 1.01. The highest BCUT2D eigenvalue weighted by Gasteiger charge is 2.00. The summed E-state index contributed by atoms with van der Waals surface area (Å²) in [6.45, 7) is 8.34. The Morgan fingerprint density at radius 1 is 1.42 bits per heavy atom. The van der Waals surface area contributed by atoms with Gasteiger partial charge in [0.15, 0.2) is 0 Å². The van der Waals surface area contributed by atoms with Gasteiger partial charge in [0.2, 0.25) is 0 Å². The zero-order valence-corrected chi connectivity index (χ0v) is 7.05. The third kappa shape index (κ3) is 7.28. The van der Waals surface area contributed by atoms with Gasteiger partial charge in [-0.25, -0.2) is 4.79 Å². The van der Waals surface area contributed by atoms with E-state index in [1.807, 2.05) is 6.92 Å². The summed E-state index contributed by atoms with van der Waals surface area (Å²) in [5.74, 6) is -0.357. The van der Waals surface area contributed by atoms with Crippen molar-refractivity contribution in [3.05, 3.63) is 12.2 Å². The van der Waals surface area contributed by atoms with Crippen LogP contribution in [-0.2, 0) is 14.3 Å². The smallest absolute Gasteiger partial charge is 0.333 e. The van der Waals surface area contributed by atoms with Crippen LogP contribution in [0.1, 0.15) is 21.3 Å². The van der Waals surface area contributed by atoms with E-state index in [0.717, 1.165) is 0 Å². The number of hydrogen-bond acceptors (Lipinski definition) is 3. The Morgan fingerprint density at radius 2 is 2.00 bits per heavy atom. The SMILES string of the molecule is C.C=C(C)C(=O)OCCOCC. The Bertz CT molecular complexity index is 141. The van der Waals surface area contributed by atoms with Crippen molar-refractivity contribution in [2.45, 2.75) is 21.3 Å². The molecule has 3 heteroatoms. The molecule has 0 saturated heterocycles. The molecule has 72 valence electrons. The van der Waals surface area contributed by atoms with Crippen molar-refractivity contribution >= 4 is 5.97 Å². The molecule has 0 unspecified atom stereocenters. The zero-order chi connectivity index (χ0) is 8.69. The first-order valence-corrected chi connectivity index (χ1v) is 3.58. The Kier molecular flexibility index (Phi) is 9.47. The topological polar surface area (TPSA) is 35.5 Å². The van der Waals surface area contributed by atoms with E-state index in [-0.39, 0.29) is 13.4 Å². The Balaban J connectivity index is 0. The molecule has 0 aliphatic heterocycles. The first kappa shape index (κ1) is 13.7. The summed E-state index contributed by atoms with van der Waals surface area (Å²) in [6, 6.07) is 0. The molecule has 0 aromatic heterocycles. The van der Waals surface area contributed by atoms with E-state index in [2.05, 4.69) is 6.58 Å². The number of carbonyl (C=O) groups excluding carboxylic acids is 1. The highest BCUT2D eigenvalue weighted by molar-refractivity contribution is 5.86. The first-order chi connectivity index (χ1) is 5.18. The van der Waals surface area contributed by atoms with Crippen molar-refractivity contribution in [2.24, 2.45) is 0 Å². The quantitative estimate of drug-likeness (QED) is 0.362. The number of hydrogen-bond donors (Lipinski definition) is 0. The lowest BCUT2D eigenvalue weighted by Gasteiger charge is -2.03. The normalized spacial score (nSPS) is 8.50. The van der Waals surface area contributed by atoms with Crippen LogP contribution >= 0.6 is 0 Å². The van der Waals surface area contributed by atoms with Gasteiger partial charge in [-0.2, -0.15) is 0 Å². The molecule has 3 nitrogen and oxygen atoms in total. The van der Waals surface area contributed by atoms with Crippen LogP contribution in [0.5, 0.6) is 0 Å². The van der Waals surface area contributed by atoms with Gasteiger partial charge in [0.25, 0.3) is 0 Å². The highest BCUT2D eigenvalue weighted by Crippen LogP contribution is 1.91. The summed E-state index contributed by atoms with van der Waals surface area (Å²) in [6.07, 6.45) is 0. The van der Waals surface area contributed by atoms with Gasteiger partial charge < -0.3 is 9.47 Å². The summed E-state index contributed by atoms with van der Waals surface area (Å²) in [5, 5.41) is 0. The fourth-order valence-electron chi connectivity index (χ4n) is 0.461. The molecule has 0 amide bonds. The molecule has 12 heavy (non-hydrogen) atoms. The molecule has 0 rings (SSSR count). The average molecular weight is 174 g/mol. The molecule has 0 heterocycles. The molecule has 0 N–H and O–H groups in total. The lowest BCUT2D eigenvalue weighted by molar-refractivity contribution is -0.140. The molecule has 0 bridgehead atoms. The first-order valence-electron chi connectivity index (χ1n) is 3.58. The second-order valence-electron chi connectivity index (χ2n) is 2.11. The second kappa shape index (κ2) is 8.27. The fourth-order valence-corrected chi connectivity index (χ4v) is 0.461. The van der Waals surface area contributed by atoms with Crippen LogP contribution in [0, 0.1) is 0 Å². The number of carbonyl (C=O) groups is 1.